The number of hydrogen-bond donors (Lipinski definition) is 3. The third kappa shape index (κ3) is 8.92. The third-order valence-electron chi connectivity index (χ3n) is 9.03. The van der Waals surface area contributed by atoms with Crippen molar-refractivity contribution >= 4 is 29.3 Å². The SMILES string of the molecule is CCC(C)C(/C(C(=O)OCCN(N)/C=C(\[NH3+])COC(=O)c1ccc2c(c1)C(=O)c1ccccc1-2)=C(/C)NCc1ccncc1)c1ccc(F)cc1Cl. The maximum atomic E-state index is 14.1. The number of halogens is 2. The van der Waals surface area contributed by atoms with Crippen molar-refractivity contribution in [1.29, 1.82) is 0 Å². The lowest BCUT2D eigenvalue weighted by Crippen LogP contribution is -2.51. The molecule has 6 N–H and O–H groups in total. The summed E-state index contributed by atoms with van der Waals surface area (Å²) in [5.74, 6) is 3.83. The van der Waals surface area contributed by atoms with Crippen molar-refractivity contribution in [3.63, 3.8) is 0 Å². The largest absolute Gasteiger partial charge is 0.460 e. The Labute approximate surface area is 307 Å². The number of nitrogens with zero attached hydrogens (tertiary/aromatic N) is 2. The van der Waals surface area contributed by atoms with E-state index < -0.39 is 23.7 Å². The third-order valence-corrected chi connectivity index (χ3v) is 9.36. The number of fused-ring (bicyclic) bond motifs is 3. The van der Waals surface area contributed by atoms with E-state index in [1.54, 1.807) is 55.7 Å². The molecule has 12 heteroatoms. The van der Waals surface area contributed by atoms with Crippen molar-refractivity contribution in [3.8, 4) is 11.1 Å². The number of nitrogens with two attached hydrogens (primary N) is 1. The predicted octanol–water partition coefficient (Wildman–Crippen LogP) is 5.94. The van der Waals surface area contributed by atoms with Gasteiger partial charge in [-0.15, -0.1) is 0 Å². The molecule has 3 aromatic carbocycles. The Bertz CT molecular complexity index is 2020. The Morgan fingerprint density at radius 2 is 1.73 bits per heavy atom. The number of quaternary nitrogens is 1. The average Bonchev–Trinajstić information content (AvgIpc) is 3.42. The lowest BCUT2D eigenvalue weighted by atomic mass is 9.79. The maximum Gasteiger partial charge on any atom is 0.338 e. The fourth-order valence-electron chi connectivity index (χ4n) is 6.13. The molecule has 1 aliphatic carbocycles. The maximum absolute atomic E-state index is 14.1. The Hall–Kier alpha value is -5.36. The molecule has 0 radical (unpaired) electrons. The second kappa shape index (κ2) is 17.2. The van der Waals surface area contributed by atoms with Crippen LogP contribution in [-0.2, 0) is 20.8 Å². The highest BCUT2D eigenvalue weighted by Crippen LogP contribution is 2.40. The fraction of sp³-hybridized carbons (Fsp3) is 0.250. The first-order valence-corrected chi connectivity index (χ1v) is 17.3. The summed E-state index contributed by atoms with van der Waals surface area (Å²) in [4.78, 5) is 43.6. The molecule has 5 rings (SSSR count). The molecule has 1 heterocycles. The van der Waals surface area contributed by atoms with Crippen molar-refractivity contribution in [2.75, 3.05) is 19.8 Å². The zero-order chi connectivity index (χ0) is 37.4. The quantitative estimate of drug-likeness (QED) is 0.0516. The summed E-state index contributed by atoms with van der Waals surface area (Å²) in [7, 11) is 0. The van der Waals surface area contributed by atoms with E-state index in [1.165, 1.54) is 23.3 Å². The Kier molecular flexibility index (Phi) is 12.6. The zero-order valence-corrected chi connectivity index (χ0v) is 30.1. The summed E-state index contributed by atoms with van der Waals surface area (Å²) in [6.45, 7) is 6.14. The van der Waals surface area contributed by atoms with Gasteiger partial charge in [0.05, 0.1) is 23.9 Å². The molecule has 0 saturated heterocycles. The molecule has 1 aromatic heterocycles. The molecular formula is C40H42ClFN5O5+. The van der Waals surface area contributed by atoms with Gasteiger partial charge in [0, 0.05) is 46.7 Å². The summed E-state index contributed by atoms with van der Waals surface area (Å²) in [6, 6.07) is 20.2. The number of pyridine rings is 1. The van der Waals surface area contributed by atoms with Gasteiger partial charge in [-0.1, -0.05) is 68.3 Å². The number of carbonyl (C=O) groups is 3. The predicted molar refractivity (Wildman–Crippen MR) is 196 cm³/mol. The van der Waals surface area contributed by atoms with Gasteiger partial charge >= 0.3 is 11.9 Å². The molecule has 0 fully saturated rings. The second-order valence-electron chi connectivity index (χ2n) is 12.6. The number of carbonyl (C=O) groups excluding carboxylic acids is 3. The first-order valence-electron chi connectivity index (χ1n) is 16.9. The number of allylic oxidation sites excluding steroid dienone is 1. The molecule has 52 heavy (non-hydrogen) atoms. The summed E-state index contributed by atoms with van der Waals surface area (Å²) in [6.07, 6.45) is 5.58. The van der Waals surface area contributed by atoms with Crippen LogP contribution in [-0.4, -0.2) is 47.5 Å². The van der Waals surface area contributed by atoms with Gasteiger partial charge in [-0.25, -0.2) is 19.8 Å². The van der Waals surface area contributed by atoms with E-state index in [0.717, 1.165) is 16.7 Å². The number of esters is 2. The number of benzene rings is 3. The lowest BCUT2D eigenvalue weighted by molar-refractivity contribution is -0.312. The lowest BCUT2D eigenvalue weighted by Gasteiger charge is -2.28. The first kappa shape index (κ1) is 37.9. The second-order valence-corrected chi connectivity index (χ2v) is 13.1. The number of aromatic nitrogens is 1. The summed E-state index contributed by atoms with van der Waals surface area (Å²) >= 11 is 6.55. The number of hydrogen-bond acceptors (Lipinski definition) is 9. The van der Waals surface area contributed by atoms with Crippen LogP contribution in [0.25, 0.3) is 11.1 Å². The van der Waals surface area contributed by atoms with Crippen molar-refractivity contribution in [1.82, 2.24) is 15.3 Å². The number of hydrazine groups is 1. The fourth-order valence-corrected chi connectivity index (χ4v) is 6.42. The molecule has 4 aromatic rings. The van der Waals surface area contributed by atoms with Crippen LogP contribution in [0, 0.1) is 11.7 Å². The minimum Gasteiger partial charge on any atom is -0.460 e. The van der Waals surface area contributed by atoms with Gasteiger partial charge in [0.2, 0.25) is 0 Å². The van der Waals surface area contributed by atoms with Crippen molar-refractivity contribution < 1.29 is 34.0 Å². The Morgan fingerprint density at radius 1 is 1.02 bits per heavy atom. The molecule has 0 saturated carbocycles. The van der Waals surface area contributed by atoms with E-state index in [2.05, 4.69) is 16.0 Å². The monoisotopic (exact) mass is 726 g/mol. The molecule has 2 unspecified atom stereocenters. The highest BCUT2D eigenvalue weighted by atomic mass is 35.5. The molecule has 0 spiro atoms. The molecule has 270 valence electrons. The van der Waals surface area contributed by atoms with E-state index in [1.807, 2.05) is 38.1 Å². The number of ether oxygens (including phenoxy) is 2. The number of ketones is 1. The minimum absolute atomic E-state index is 0.0536. The van der Waals surface area contributed by atoms with Crippen LogP contribution in [0.4, 0.5) is 4.39 Å². The van der Waals surface area contributed by atoms with Gasteiger partial charge < -0.3 is 25.5 Å². The van der Waals surface area contributed by atoms with Gasteiger partial charge in [0.25, 0.3) is 0 Å². The normalized spacial score (nSPS) is 13.8. The minimum atomic E-state index is -0.608. The van der Waals surface area contributed by atoms with Gasteiger partial charge in [0.15, 0.2) is 18.1 Å². The summed E-state index contributed by atoms with van der Waals surface area (Å²) in [5, 5.41) is 4.85. The van der Waals surface area contributed by atoms with E-state index >= 15 is 0 Å². The number of rotatable bonds is 15. The molecule has 0 amide bonds. The summed E-state index contributed by atoms with van der Waals surface area (Å²) < 4.78 is 25.3. The molecule has 10 nitrogen and oxygen atoms in total. The Morgan fingerprint density at radius 3 is 2.44 bits per heavy atom. The van der Waals surface area contributed by atoms with Crippen LogP contribution >= 0.6 is 11.6 Å². The van der Waals surface area contributed by atoms with Crippen LogP contribution in [0.1, 0.15) is 70.5 Å². The Balaban J connectivity index is 1.22. The van der Waals surface area contributed by atoms with Gasteiger partial charge in [0.1, 0.15) is 12.4 Å². The van der Waals surface area contributed by atoms with E-state index in [-0.39, 0.29) is 42.0 Å². The standard InChI is InChI=1S/C40H41ClFN5O5/c1-4-24(2)36(33-12-10-28(42)20-35(33)41)37(25(3)46-21-26-13-15-45-16-14-26)40(50)51-18-17-47(44)22-29(43)23-52-39(49)27-9-11-31-30-7-5-6-8-32(30)38(48)34(31)19-27/h5-16,19-20,22,24,36,46H,4,17-18,21,23,43-44H2,1-3H3/p+1/b29-22-,37-25+. The van der Waals surface area contributed by atoms with Crippen molar-refractivity contribution in [2.45, 2.75) is 39.7 Å². The first-order chi connectivity index (χ1) is 25.0. The van der Waals surface area contributed by atoms with Crippen molar-refractivity contribution in [3.05, 3.63) is 147 Å². The smallest absolute Gasteiger partial charge is 0.338 e. The van der Waals surface area contributed by atoms with Gasteiger partial charge in [-0.2, -0.15) is 0 Å². The van der Waals surface area contributed by atoms with Crippen LogP contribution < -0.4 is 16.9 Å². The van der Waals surface area contributed by atoms with Crippen LogP contribution in [0.5, 0.6) is 0 Å². The molecule has 0 aliphatic heterocycles. The molecule has 1 aliphatic rings. The number of nitrogens with one attached hydrogen (secondary N) is 1. The molecular weight excluding hydrogens is 685 g/mol. The molecule has 2 atom stereocenters. The zero-order valence-electron chi connectivity index (χ0n) is 29.3. The van der Waals surface area contributed by atoms with E-state index in [4.69, 9.17) is 26.9 Å². The van der Waals surface area contributed by atoms with Crippen LogP contribution in [0.15, 0.2) is 108 Å². The van der Waals surface area contributed by atoms with Crippen LogP contribution in [0.2, 0.25) is 5.02 Å². The molecule has 0 bridgehead atoms. The van der Waals surface area contributed by atoms with Crippen molar-refractivity contribution in [2.24, 2.45) is 11.8 Å². The van der Waals surface area contributed by atoms with E-state index in [9.17, 15) is 18.8 Å². The van der Waals surface area contributed by atoms with Gasteiger partial charge in [-0.3, -0.25) is 9.78 Å². The van der Waals surface area contributed by atoms with Gasteiger partial charge in [-0.05, 0) is 71.5 Å². The average molecular weight is 727 g/mol. The van der Waals surface area contributed by atoms with Crippen LogP contribution in [0.3, 0.4) is 0 Å². The summed E-state index contributed by atoms with van der Waals surface area (Å²) in [5.41, 5.74) is 9.80. The highest BCUT2D eigenvalue weighted by Gasteiger charge is 2.32. The highest BCUT2D eigenvalue weighted by molar-refractivity contribution is 6.31. The van der Waals surface area contributed by atoms with E-state index in [0.29, 0.717) is 46.6 Å². The topological polar surface area (TPSA) is 151 Å².